The molecule has 0 bridgehead atoms. The van der Waals surface area contributed by atoms with Crippen molar-refractivity contribution in [2.24, 2.45) is 0 Å². The van der Waals surface area contributed by atoms with Gasteiger partial charge in [0.15, 0.2) is 0 Å². The fourth-order valence-electron chi connectivity index (χ4n) is 1.91. The molecule has 0 radical (unpaired) electrons. The first-order chi connectivity index (χ1) is 10.1. The number of hydrogen-bond acceptors (Lipinski definition) is 3. The summed E-state index contributed by atoms with van der Waals surface area (Å²) < 4.78 is 1.45. The molecule has 0 spiro atoms. The molecule has 1 heterocycles. The summed E-state index contributed by atoms with van der Waals surface area (Å²) in [6, 6.07) is 11.1. The number of nitrogens with zero attached hydrogens (tertiary/aromatic N) is 2. The lowest BCUT2D eigenvalue weighted by Crippen LogP contribution is -2.27. The zero-order valence-electron chi connectivity index (χ0n) is 11.7. The lowest BCUT2D eigenvalue weighted by Gasteiger charge is -2.13. The van der Waals surface area contributed by atoms with E-state index < -0.39 is 5.97 Å². The van der Waals surface area contributed by atoms with Gasteiger partial charge in [0.1, 0.15) is 5.69 Å². The zero-order valence-corrected chi connectivity index (χ0v) is 11.7. The summed E-state index contributed by atoms with van der Waals surface area (Å²) in [5.41, 5.74) is 1.29. The number of aromatic nitrogens is 2. The van der Waals surface area contributed by atoms with Crippen molar-refractivity contribution in [3.8, 4) is 0 Å². The van der Waals surface area contributed by atoms with Crippen molar-refractivity contribution in [3.05, 3.63) is 53.9 Å². The van der Waals surface area contributed by atoms with E-state index in [4.69, 9.17) is 5.11 Å². The van der Waals surface area contributed by atoms with Crippen LogP contribution in [-0.4, -0.2) is 26.8 Å². The molecule has 1 aromatic carbocycles. The second-order valence-electron chi connectivity index (χ2n) is 4.71. The third-order valence-electron chi connectivity index (χ3n) is 3.08. The Bertz CT molecular complexity index is 622. The van der Waals surface area contributed by atoms with Crippen LogP contribution in [0.2, 0.25) is 0 Å². The molecule has 0 fully saturated rings. The number of carbonyl (C=O) groups is 2. The molecule has 2 N–H and O–H groups in total. The van der Waals surface area contributed by atoms with Crippen LogP contribution in [0.4, 0.5) is 0 Å². The van der Waals surface area contributed by atoms with Crippen molar-refractivity contribution in [3.63, 3.8) is 0 Å². The van der Waals surface area contributed by atoms with E-state index in [2.05, 4.69) is 10.4 Å². The topological polar surface area (TPSA) is 84.2 Å². The number of hydrogen-bond donors (Lipinski definition) is 2. The second-order valence-corrected chi connectivity index (χ2v) is 4.71. The molecule has 0 aliphatic carbocycles. The van der Waals surface area contributed by atoms with Crippen molar-refractivity contribution in [2.75, 3.05) is 0 Å². The van der Waals surface area contributed by atoms with Gasteiger partial charge in [-0.1, -0.05) is 30.3 Å². The molecule has 6 nitrogen and oxygen atoms in total. The minimum absolute atomic E-state index is 0.0246. The average Bonchev–Trinajstić information content (AvgIpc) is 2.95. The molecule has 0 saturated carbocycles. The summed E-state index contributed by atoms with van der Waals surface area (Å²) in [6.45, 7) is 2.14. The summed E-state index contributed by atoms with van der Waals surface area (Å²) in [6.07, 6.45) is 1.58. The van der Waals surface area contributed by atoms with Crippen molar-refractivity contribution < 1.29 is 14.7 Å². The predicted molar refractivity (Wildman–Crippen MR) is 76.8 cm³/mol. The quantitative estimate of drug-likeness (QED) is 0.849. The number of aryl methyl sites for hydroxylation is 1. The van der Waals surface area contributed by atoms with Crippen LogP contribution in [0.5, 0.6) is 0 Å². The van der Waals surface area contributed by atoms with Crippen LogP contribution in [-0.2, 0) is 11.3 Å². The standard InChI is InChI=1S/C15H17N3O3/c1-11(12-5-3-2-4-6-12)16-15(21)13-7-9-18(17-13)10-8-14(19)20/h2-7,9,11H,8,10H2,1H3,(H,16,21)(H,19,20). The zero-order chi connectivity index (χ0) is 15.2. The molecule has 1 unspecified atom stereocenters. The van der Waals surface area contributed by atoms with E-state index in [0.717, 1.165) is 5.56 Å². The highest BCUT2D eigenvalue weighted by Gasteiger charge is 2.13. The van der Waals surface area contributed by atoms with Crippen molar-refractivity contribution >= 4 is 11.9 Å². The van der Waals surface area contributed by atoms with E-state index in [1.165, 1.54) is 4.68 Å². The molecular formula is C15H17N3O3. The second kappa shape index (κ2) is 6.69. The highest BCUT2D eigenvalue weighted by atomic mass is 16.4. The van der Waals surface area contributed by atoms with Crippen LogP contribution < -0.4 is 5.32 Å². The minimum atomic E-state index is -0.894. The van der Waals surface area contributed by atoms with Gasteiger partial charge in [-0.3, -0.25) is 14.3 Å². The predicted octanol–water partition coefficient (Wildman–Crippen LogP) is 1.85. The third kappa shape index (κ3) is 4.17. The maximum Gasteiger partial charge on any atom is 0.305 e. The van der Waals surface area contributed by atoms with Gasteiger partial charge >= 0.3 is 5.97 Å². The third-order valence-corrected chi connectivity index (χ3v) is 3.08. The van der Waals surface area contributed by atoms with Crippen LogP contribution >= 0.6 is 0 Å². The van der Waals surface area contributed by atoms with E-state index >= 15 is 0 Å². The largest absolute Gasteiger partial charge is 0.481 e. The van der Waals surface area contributed by atoms with E-state index in [1.54, 1.807) is 12.3 Å². The number of nitrogens with one attached hydrogen (secondary N) is 1. The van der Waals surface area contributed by atoms with Gasteiger partial charge < -0.3 is 10.4 Å². The number of carboxylic acid groups (broad SMARTS) is 1. The number of benzene rings is 1. The van der Waals surface area contributed by atoms with E-state index in [-0.39, 0.29) is 30.6 Å². The Morgan fingerprint density at radius 1 is 1.29 bits per heavy atom. The maximum atomic E-state index is 12.1. The minimum Gasteiger partial charge on any atom is -0.481 e. The summed E-state index contributed by atoms with van der Waals surface area (Å²) in [4.78, 5) is 22.6. The van der Waals surface area contributed by atoms with Gasteiger partial charge in [-0.05, 0) is 18.6 Å². The number of rotatable bonds is 6. The van der Waals surface area contributed by atoms with Crippen molar-refractivity contribution in [1.29, 1.82) is 0 Å². The van der Waals surface area contributed by atoms with Crippen LogP contribution in [0.1, 0.15) is 35.4 Å². The Morgan fingerprint density at radius 2 is 2.00 bits per heavy atom. The first-order valence-electron chi connectivity index (χ1n) is 6.67. The Balaban J connectivity index is 1.96. The van der Waals surface area contributed by atoms with Crippen molar-refractivity contribution in [2.45, 2.75) is 25.9 Å². The Labute approximate surface area is 122 Å². The molecule has 1 aromatic heterocycles. The van der Waals surface area contributed by atoms with Gasteiger partial charge in [0.2, 0.25) is 0 Å². The van der Waals surface area contributed by atoms with Gasteiger partial charge in [0.05, 0.1) is 19.0 Å². The number of carbonyl (C=O) groups excluding carboxylic acids is 1. The SMILES string of the molecule is CC(NC(=O)c1ccn(CCC(=O)O)n1)c1ccccc1. The average molecular weight is 287 g/mol. The summed E-state index contributed by atoms with van der Waals surface area (Å²) in [5, 5.41) is 15.5. The Hall–Kier alpha value is -2.63. The lowest BCUT2D eigenvalue weighted by atomic mass is 10.1. The first kappa shape index (κ1) is 14.8. The molecule has 110 valence electrons. The Kier molecular flexibility index (Phi) is 4.71. The number of amides is 1. The molecular weight excluding hydrogens is 270 g/mol. The van der Waals surface area contributed by atoms with Crippen LogP contribution in [0.25, 0.3) is 0 Å². The number of aliphatic carboxylic acids is 1. The first-order valence-corrected chi connectivity index (χ1v) is 6.67. The normalized spacial score (nSPS) is 11.9. The fourth-order valence-corrected chi connectivity index (χ4v) is 1.91. The molecule has 0 aliphatic heterocycles. The van der Waals surface area contributed by atoms with Crippen LogP contribution in [0.3, 0.4) is 0 Å². The summed E-state index contributed by atoms with van der Waals surface area (Å²) >= 11 is 0. The molecule has 0 aliphatic rings. The van der Waals surface area contributed by atoms with Crippen molar-refractivity contribution in [1.82, 2.24) is 15.1 Å². The van der Waals surface area contributed by atoms with Gasteiger partial charge in [0.25, 0.3) is 5.91 Å². The van der Waals surface area contributed by atoms with Crippen LogP contribution in [0.15, 0.2) is 42.6 Å². The molecule has 2 rings (SSSR count). The monoisotopic (exact) mass is 287 g/mol. The summed E-state index contributed by atoms with van der Waals surface area (Å²) in [7, 11) is 0. The smallest absolute Gasteiger partial charge is 0.305 e. The van der Waals surface area contributed by atoms with Crippen LogP contribution in [0, 0.1) is 0 Å². The lowest BCUT2D eigenvalue weighted by molar-refractivity contribution is -0.137. The molecule has 1 amide bonds. The van der Waals surface area contributed by atoms with E-state index in [1.807, 2.05) is 37.3 Å². The molecule has 0 saturated heterocycles. The highest BCUT2D eigenvalue weighted by molar-refractivity contribution is 5.92. The fraction of sp³-hybridized carbons (Fsp3) is 0.267. The van der Waals surface area contributed by atoms with Gasteiger partial charge in [-0.2, -0.15) is 5.10 Å². The highest BCUT2D eigenvalue weighted by Crippen LogP contribution is 2.11. The summed E-state index contributed by atoms with van der Waals surface area (Å²) in [5.74, 6) is -1.17. The van der Waals surface area contributed by atoms with Gasteiger partial charge in [0, 0.05) is 6.20 Å². The molecule has 21 heavy (non-hydrogen) atoms. The molecule has 2 aromatic rings. The van der Waals surface area contributed by atoms with Gasteiger partial charge in [-0.15, -0.1) is 0 Å². The van der Waals surface area contributed by atoms with E-state index in [9.17, 15) is 9.59 Å². The number of carboxylic acids is 1. The molecule has 1 atom stereocenters. The van der Waals surface area contributed by atoms with Gasteiger partial charge in [-0.25, -0.2) is 0 Å². The molecule has 6 heteroatoms. The Morgan fingerprint density at radius 3 is 2.67 bits per heavy atom. The van der Waals surface area contributed by atoms with E-state index in [0.29, 0.717) is 0 Å². The maximum absolute atomic E-state index is 12.1.